The number of carbonyl (C=O) groups is 2. The minimum atomic E-state index is -0.594. The van der Waals surface area contributed by atoms with Crippen LogP contribution in [0, 0.1) is 5.92 Å². The van der Waals surface area contributed by atoms with Gasteiger partial charge in [-0.2, -0.15) is 0 Å². The first-order valence-electron chi connectivity index (χ1n) is 8.85. The van der Waals surface area contributed by atoms with Gasteiger partial charge in [0.2, 0.25) is 0 Å². The molecule has 1 fully saturated rings. The van der Waals surface area contributed by atoms with Crippen molar-refractivity contribution in [3.05, 3.63) is 18.1 Å². The van der Waals surface area contributed by atoms with Gasteiger partial charge in [0, 0.05) is 24.7 Å². The standard InChI is InChI=1S/C18H25N5O4/c1-9(24)26-7-13-10(17(25)27-18(2,3)4)5-12(23-13)11-6-20-15-14(11)21-8-22-16(15)19/h6,8,10,12-13,20,23H,5,7H2,1-4H3,(H2,19,21,22)/t10?,12-,13-/m0/s1. The molecule has 9 nitrogen and oxygen atoms in total. The number of anilines is 1. The second-order valence-electron chi connectivity index (χ2n) is 7.73. The number of nitrogens with two attached hydrogens (primary N) is 1. The molecule has 2 aromatic rings. The highest BCUT2D eigenvalue weighted by atomic mass is 16.6. The van der Waals surface area contributed by atoms with Gasteiger partial charge in [0.1, 0.15) is 24.1 Å². The van der Waals surface area contributed by atoms with Gasteiger partial charge in [-0.05, 0) is 27.2 Å². The van der Waals surface area contributed by atoms with Crippen LogP contribution in [0.2, 0.25) is 0 Å². The first kappa shape index (κ1) is 19.1. The number of nitrogens with one attached hydrogen (secondary N) is 2. The molecule has 0 radical (unpaired) electrons. The Morgan fingerprint density at radius 3 is 2.74 bits per heavy atom. The SMILES string of the molecule is CC(=O)OC[C@@H]1N[C@H](c2c[nH]c3c(N)ncnc23)CC1C(=O)OC(C)(C)C. The first-order chi connectivity index (χ1) is 12.7. The normalized spacial score (nSPS) is 22.7. The van der Waals surface area contributed by atoms with E-state index in [-0.39, 0.29) is 24.7 Å². The topological polar surface area (TPSA) is 132 Å². The molecule has 1 unspecified atom stereocenters. The van der Waals surface area contributed by atoms with Crippen LogP contribution in [0.3, 0.4) is 0 Å². The number of aromatic nitrogens is 3. The molecule has 0 saturated carbocycles. The third-order valence-corrected chi connectivity index (χ3v) is 4.46. The summed E-state index contributed by atoms with van der Waals surface area (Å²) < 4.78 is 10.7. The Kier molecular flexibility index (Phi) is 5.05. The molecule has 3 heterocycles. The minimum absolute atomic E-state index is 0.0925. The summed E-state index contributed by atoms with van der Waals surface area (Å²) in [6.07, 6.45) is 3.72. The summed E-state index contributed by atoms with van der Waals surface area (Å²) in [5, 5.41) is 3.38. The van der Waals surface area contributed by atoms with E-state index in [1.807, 2.05) is 27.0 Å². The number of hydrogen-bond acceptors (Lipinski definition) is 8. The predicted octanol–water partition coefficient (Wildman–Crippen LogP) is 1.46. The summed E-state index contributed by atoms with van der Waals surface area (Å²) in [6, 6.07) is -0.510. The maximum absolute atomic E-state index is 12.7. The molecule has 1 aliphatic heterocycles. The van der Waals surface area contributed by atoms with Crippen molar-refractivity contribution in [2.45, 2.75) is 51.8 Å². The van der Waals surface area contributed by atoms with Gasteiger partial charge in [0.15, 0.2) is 5.82 Å². The van der Waals surface area contributed by atoms with E-state index in [9.17, 15) is 9.59 Å². The number of nitrogens with zero attached hydrogens (tertiary/aromatic N) is 2. The number of ether oxygens (including phenoxy) is 2. The van der Waals surface area contributed by atoms with Gasteiger partial charge in [0.25, 0.3) is 0 Å². The highest BCUT2D eigenvalue weighted by Crippen LogP contribution is 2.36. The van der Waals surface area contributed by atoms with E-state index < -0.39 is 17.5 Å². The van der Waals surface area contributed by atoms with Gasteiger partial charge in [-0.3, -0.25) is 9.59 Å². The van der Waals surface area contributed by atoms with Crippen LogP contribution in [0.25, 0.3) is 11.0 Å². The molecule has 1 aliphatic rings. The van der Waals surface area contributed by atoms with Crippen molar-refractivity contribution in [3.8, 4) is 0 Å². The lowest BCUT2D eigenvalue weighted by atomic mass is 9.97. The summed E-state index contributed by atoms with van der Waals surface area (Å²) in [7, 11) is 0. The van der Waals surface area contributed by atoms with Gasteiger partial charge < -0.3 is 25.5 Å². The molecule has 0 spiro atoms. The molecule has 3 atom stereocenters. The molecule has 0 bridgehead atoms. The molecule has 3 rings (SSSR count). The lowest BCUT2D eigenvalue weighted by Crippen LogP contribution is -2.39. The van der Waals surface area contributed by atoms with Crippen LogP contribution in [-0.4, -0.2) is 45.1 Å². The van der Waals surface area contributed by atoms with Crippen LogP contribution >= 0.6 is 0 Å². The van der Waals surface area contributed by atoms with Crippen molar-refractivity contribution in [1.82, 2.24) is 20.3 Å². The van der Waals surface area contributed by atoms with E-state index in [0.29, 0.717) is 23.3 Å². The number of rotatable bonds is 4. The lowest BCUT2D eigenvalue weighted by molar-refractivity contribution is -0.161. The zero-order valence-corrected chi connectivity index (χ0v) is 15.9. The van der Waals surface area contributed by atoms with Crippen molar-refractivity contribution in [1.29, 1.82) is 0 Å². The van der Waals surface area contributed by atoms with Crippen molar-refractivity contribution >= 4 is 28.8 Å². The van der Waals surface area contributed by atoms with Crippen LogP contribution < -0.4 is 11.1 Å². The largest absolute Gasteiger partial charge is 0.464 e. The van der Waals surface area contributed by atoms with Crippen LogP contribution in [0.1, 0.15) is 45.7 Å². The number of H-pyrrole nitrogens is 1. The van der Waals surface area contributed by atoms with Gasteiger partial charge >= 0.3 is 11.9 Å². The number of carbonyl (C=O) groups excluding carboxylic acids is 2. The predicted molar refractivity (Wildman–Crippen MR) is 98.6 cm³/mol. The van der Waals surface area contributed by atoms with Gasteiger partial charge in [-0.15, -0.1) is 0 Å². The number of esters is 2. The number of hydrogen-bond donors (Lipinski definition) is 3. The second-order valence-corrected chi connectivity index (χ2v) is 7.73. The molecule has 0 aromatic carbocycles. The summed E-state index contributed by atoms with van der Waals surface area (Å²) >= 11 is 0. The van der Waals surface area contributed by atoms with E-state index in [2.05, 4.69) is 20.3 Å². The molecule has 4 N–H and O–H groups in total. The Morgan fingerprint density at radius 2 is 2.07 bits per heavy atom. The van der Waals surface area contributed by atoms with E-state index in [1.165, 1.54) is 13.3 Å². The van der Waals surface area contributed by atoms with E-state index in [4.69, 9.17) is 15.2 Å². The molecular weight excluding hydrogens is 350 g/mol. The molecule has 2 aromatic heterocycles. The monoisotopic (exact) mass is 375 g/mol. The fraction of sp³-hybridized carbons (Fsp3) is 0.556. The molecule has 146 valence electrons. The summed E-state index contributed by atoms with van der Waals surface area (Å²) in [4.78, 5) is 35.3. The Labute approximate surface area is 157 Å². The van der Waals surface area contributed by atoms with Crippen LogP contribution in [0.5, 0.6) is 0 Å². The number of aromatic amines is 1. The summed E-state index contributed by atoms with van der Waals surface area (Å²) in [5.41, 5.74) is 7.54. The average molecular weight is 375 g/mol. The smallest absolute Gasteiger partial charge is 0.311 e. The zero-order valence-electron chi connectivity index (χ0n) is 15.9. The van der Waals surface area contributed by atoms with Crippen LogP contribution in [0.4, 0.5) is 5.82 Å². The highest BCUT2D eigenvalue weighted by molar-refractivity contribution is 5.87. The van der Waals surface area contributed by atoms with Crippen molar-refractivity contribution < 1.29 is 19.1 Å². The van der Waals surface area contributed by atoms with Gasteiger partial charge in [-0.25, -0.2) is 9.97 Å². The van der Waals surface area contributed by atoms with Crippen molar-refractivity contribution in [2.24, 2.45) is 5.92 Å². The fourth-order valence-electron chi connectivity index (χ4n) is 3.33. The molecule has 27 heavy (non-hydrogen) atoms. The fourth-order valence-corrected chi connectivity index (χ4v) is 3.33. The molecule has 1 saturated heterocycles. The Bertz CT molecular complexity index is 857. The quantitative estimate of drug-likeness (QED) is 0.684. The van der Waals surface area contributed by atoms with Crippen LogP contribution in [-0.2, 0) is 19.1 Å². The van der Waals surface area contributed by atoms with E-state index >= 15 is 0 Å². The molecule has 9 heteroatoms. The van der Waals surface area contributed by atoms with Crippen LogP contribution in [0.15, 0.2) is 12.5 Å². The average Bonchev–Trinajstić information content (AvgIpc) is 3.15. The van der Waals surface area contributed by atoms with E-state index in [1.54, 1.807) is 0 Å². The Balaban J connectivity index is 1.86. The van der Waals surface area contributed by atoms with Crippen molar-refractivity contribution in [2.75, 3.05) is 12.3 Å². The third kappa shape index (κ3) is 4.19. The Morgan fingerprint density at radius 1 is 1.33 bits per heavy atom. The number of fused-ring (bicyclic) bond motifs is 1. The maximum Gasteiger partial charge on any atom is 0.311 e. The van der Waals surface area contributed by atoms with Crippen molar-refractivity contribution in [3.63, 3.8) is 0 Å². The third-order valence-electron chi connectivity index (χ3n) is 4.46. The second kappa shape index (κ2) is 7.15. The summed E-state index contributed by atoms with van der Waals surface area (Å²) in [6.45, 7) is 6.91. The van der Waals surface area contributed by atoms with Gasteiger partial charge in [-0.1, -0.05) is 0 Å². The maximum atomic E-state index is 12.7. The summed E-state index contributed by atoms with van der Waals surface area (Å²) in [5.74, 6) is -0.790. The molecule has 0 amide bonds. The Hall–Kier alpha value is -2.68. The number of nitrogen functional groups attached to an aromatic ring is 1. The van der Waals surface area contributed by atoms with Gasteiger partial charge in [0.05, 0.1) is 17.5 Å². The zero-order chi connectivity index (χ0) is 19.8. The molecular formula is C18H25N5O4. The van der Waals surface area contributed by atoms with E-state index in [0.717, 1.165) is 5.56 Å². The lowest BCUT2D eigenvalue weighted by Gasteiger charge is -2.24. The first-order valence-corrected chi connectivity index (χ1v) is 8.85. The highest BCUT2D eigenvalue weighted by Gasteiger charge is 2.42. The molecule has 0 aliphatic carbocycles. The minimum Gasteiger partial charge on any atom is -0.464 e.